The van der Waals surface area contributed by atoms with Gasteiger partial charge in [-0.2, -0.15) is 0 Å². The van der Waals surface area contributed by atoms with E-state index in [1.165, 1.54) is 6.08 Å². The van der Waals surface area contributed by atoms with Crippen molar-refractivity contribution in [2.45, 2.75) is 6.54 Å². The number of hydrogen-bond donors (Lipinski definition) is 1. The van der Waals surface area contributed by atoms with Gasteiger partial charge in [-0.25, -0.2) is 4.68 Å². The fourth-order valence-electron chi connectivity index (χ4n) is 2.43. The number of hydrogen-bond acceptors (Lipinski definition) is 6. The van der Waals surface area contributed by atoms with Gasteiger partial charge in [0.25, 0.3) is 0 Å². The molecular weight excluding hydrogens is 334 g/mol. The van der Waals surface area contributed by atoms with Crippen LogP contribution in [0.15, 0.2) is 55.0 Å². The van der Waals surface area contributed by atoms with E-state index in [-0.39, 0.29) is 19.2 Å². The van der Waals surface area contributed by atoms with Crippen LogP contribution in [0.2, 0.25) is 0 Å². The van der Waals surface area contributed by atoms with Crippen LogP contribution < -0.4 is 14.8 Å². The molecule has 8 heteroatoms. The van der Waals surface area contributed by atoms with Crippen molar-refractivity contribution in [2.24, 2.45) is 0 Å². The minimum absolute atomic E-state index is 0.221. The SMILES string of the molecule is O=C(C=Cc1ccc2c(c1)OCO2)NCc1cn(-c2ccncc2)nn1. The van der Waals surface area contributed by atoms with E-state index in [0.717, 1.165) is 11.3 Å². The lowest BCUT2D eigenvalue weighted by atomic mass is 10.2. The van der Waals surface area contributed by atoms with Crippen LogP contribution in [0.3, 0.4) is 0 Å². The van der Waals surface area contributed by atoms with Gasteiger partial charge in [-0.1, -0.05) is 11.3 Å². The topological polar surface area (TPSA) is 91.2 Å². The summed E-state index contributed by atoms with van der Waals surface area (Å²) in [6, 6.07) is 9.15. The van der Waals surface area contributed by atoms with Crippen molar-refractivity contribution in [3.8, 4) is 17.2 Å². The maximum absolute atomic E-state index is 12.0. The molecule has 26 heavy (non-hydrogen) atoms. The molecule has 1 amide bonds. The Labute approximate surface area is 149 Å². The largest absolute Gasteiger partial charge is 0.454 e. The lowest BCUT2D eigenvalue weighted by Crippen LogP contribution is -2.20. The minimum Gasteiger partial charge on any atom is -0.454 e. The van der Waals surface area contributed by atoms with Gasteiger partial charge in [0, 0.05) is 18.5 Å². The number of ether oxygens (including phenoxy) is 2. The maximum atomic E-state index is 12.0. The second-order valence-electron chi connectivity index (χ2n) is 5.52. The van der Waals surface area contributed by atoms with Gasteiger partial charge in [-0.05, 0) is 35.9 Å². The van der Waals surface area contributed by atoms with Crippen LogP contribution in [-0.4, -0.2) is 32.7 Å². The highest BCUT2D eigenvalue weighted by molar-refractivity contribution is 5.91. The molecule has 2 aromatic heterocycles. The number of carbonyl (C=O) groups excluding carboxylic acids is 1. The van der Waals surface area contributed by atoms with Crippen LogP contribution in [0.4, 0.5) is 0 Å². The molecule has 0 saturated carbocycles. The third kappa shape index (κ3) is 3.54. The van der Waals surface area contributed by atoms with E-state index in [0.29, 0.717) is 17.2 Å². The monoisotopic (exact) mass is 349 g/mol. The van der Waals surface area contributed by atoms with Gasteiger partial charge in [0.2, 0.25) is 12.7 Å². The van der Waals surface area contributed by atoms with Gasteiger partial charge < -0.3 is 14.8 Å². The van der Waals surface area contributed by atoms with E-state index >= 15 is 0 Å². The van der Waals surface area contributed by atoms with Gasteiger partial charge in [-0.15, -0.1) is 5.10 Å². The molecule has 1 aromatic carbocycles. The van der Waals surface area contributed by atoms with Crippen molar-refractivity contribution in [3.05, 3.63) is 66.3 Å². The van der Waals surface area contributed by atoms with E-state index in [2.05, 4.69) is 20.6 Å². The molecular formula is C18H15N5O3. The Morgan fingerprint density at radius 2 is 2.04 bits per heavy atom. The van der Waals surface area contributed by atoms with E-state index in [1.54, 1.807) is 29.3 Å². The fraction of sp³-hybridized carbons (Fsp3) is 0.111. The molecule has 1 N–H and O–H groups in total. The molecule has 3 heterocycles. The molecule has 1 aliphatic rings. The number of amides is 1. The molecule has 0 unspecified atom stereocenters. The normalized spacial score (nSPS) is 12.5. The van der Waals surface area contributed by atoms with Gasteiger partial charge >= 0.3 is 0 Å². The van der Waals surface area contributed by atoms with Gasteiger partial charge in [0.05, 0.1) is 18.4 Å². The third-order valence-corrected chi connectivity index (χ3v) is 3.74. The Bertz CT molecular complexity index is 952. The van der Waals surface area contributed by atoms with Crippen molar-refractivity contribution in [1.29, 1.82) is 0 Å². The summed E-state index contributed by atoms with van der Waals surface area (Å²) in [5.74, 6) is 1.17. The van der Waals surface area contributed by atoms with Crippen molar-refractivity contribution in [3.63, 3.8) is 0 Å². The summed E-state index contributed by atoms with van der Waals surface area (Å²) in [5.41, 5.74) is 2.37. The van der Waals surface area contributed by atoms with Crippen LogP contribution in [0.25, 0.3) is 11.8 Å². The first-order chi connectivity index (χ1) is 12.8. The summed E-state index contributed by atoms with van der Waals surface area (Å²) in [4.78, 5) is 15.9. The summed E-state index contributed by atoms with van der Waals surface area (Å²) in [6.07, 6.45) is 8.30. The number of pyridine rings is 1. The highest BCUT2D eigenvalue weighted by Crippen LogP contribution is 2.32. The Morgan fingerprint density at radius 1 is 1.19 bits per heavy atom. The minimum atomic E-state index is -0.221. The zero-order valence-corrected chi connectivity index (χ0v) is 13.7. The number of rotatable bonds is 5. The Kier molecular flexibility index (Phi) is 4.29. The smallest absolute Gasteiger partial charge is 0.244 e. The molecule has 0 atom stereocenters. The van der Waals surface area contributed by atoms with E-state index in [4.69, 9.17) is 9.47 Å². The average Bonchev–Trinajstić information content (AvgIpc) is 3.34. The second kappa shape index (κ2) is 7.06. The predicted octanol–water partition coefficient (Wildman–Crippen LogP) is 1.72. The molecule has 4 rings (SSSR count). The maximum Gasteiger partial charge on any atom is 0.244 e. The summed E-state index contributed by atoms with van der Waals surface area (Å²) in [6.45, 7) is 0.512. The molecule has 3 aromatic rings. The number of nitrogens with one attached hydrogen (secondary N) is 1. The Hall–Kier alpha value is -3.68. The lowest BCUT2D eigenvalue weighted by Gasteiger charge is -2.00. The number of aromatic nitrogens is 4. The van der Waals surface area contributed by atoms with Gasteiger partial charge in [0.15, 0.2) is 11.5 Å². The number of carbonyl (C=O) groups is 1. The predicted molar refractivity (Wildman–Crippen MR) is 92.6 cm³/mol. The molecule has 0 aliphatic carbocycles. The number of nitrogens with zero attached hydrogens (tertiary/aromatic N) is 4. The highest BCUT2D eigenvalue weighted by atomic mass is 16.7. The standard InChI is InChI=1S/C18H15N5O3/c24-18(4-2-13-1-3-16-17(9-13)26-12-25-16)20-10-14-11-23(22-21-14)15-5-7-19-8-6-15/h1-9,11H,10,12H2,(H,20,24). The average molecular weight is 349 g/mol. The quantitative estimate of drug-likeness (QED) is 0.705. The third-order valence-electron chi connectivity index (χ3n) is 3.74. The Balaban J connectivity index is 1.33. The van der Waals surface area contributed by atoms with Crippen LogP contribution in [0.1, 0.15) is 11.3 Å². The van der Waals surface area contributed by atoms with Crippen molar-refractivity contribution >= 4 is 12.0 Å². The summed E-state index contributed by atoms with van der Waals surface area (Å²) >= 11 is 0. The zero-order chi connectivity index (χ0) is 17.8. The van der Waals surface area contributed by atoms with E-state index in [9.17, 15) is 4.79 Å². The molecule has 0 saturated heterocycles. The molecule has 1 aliphatic heterocycles. The van der Waals surface area contributed by atoms with Crippen LogP contribution in [0, 0.1) is 0 Å². The van der Waals surface area contributed by atoms with E-state index in [1.807, 2.05) is 30.3 Å². The molecule has 0 radical (unpaired) electrons. The summed E-state index contributed by atoms with van der Waals surface area (Å²) < 4.78 is 12.2. The van der Waals surface area contributed by atoms with Crippen molar-refractivity contribution in [2.75, 3.05) is 6.79 Å². The van der Waals surface area contributed by atoms with Crippen LogP contribution in [-0.2, 0) is 11.3 Å². The van der Waals surface area contributed by atoms with Crippen LogP contribution in [0.5, 0.6) is 11.5 Å². The van der Waals surface area contributed by atoms with Crippen molar-refractivity contribution in [1.82, 2.24) is 25.3 Å². The first-order valence-electron chi connectivity index (χ1n) is 7.95. The first kappa shape index (κ1) is 15.8. The molecule has 0 fully saturated rings. The van der Waals surface area contributed by atoms with Gasteiger partial charge in [0.1, 0.15) is 5.69 Å². The van der Waals surface area contributed by atoms with Crippen molar-refractivity contribution < 1.29 is 14.3 Å². The van der Waals surface area contributed by atoms with Gasteiger partial charge in [-0.3, -0.25) is 9.78 Å². The first-order valence-corrected chi connectivity index (χ1v) is 7.95. The molecule has 0 spiro atoms. The summed E-state index contributed by atoms with van der Waals surface area (Å²) in [7, 11) is 0. The second-order valence-corrected chi connectivity index (χ2v) is 5.52. The zero-order valence-electron chi connectivity index (χ0n) is 13.7. The lowest BCUT2D eigenvalue weighted by molar-refractivity contribution is -0.116. The highest BCUT2D eigenvalue weighted by Gasteiger charge is 2.12. The molecule has 8 nitrogen and oxygen atoms in total. The number of fused-ring (bicyclic) bond motifs is 1. The van der Waals surface area contributed by atoms with E-state index < -0.39 is 0 Å². The molecule has 130 valence electrons. The number of benzene rings is 1. The fourth-order valence-corrected chi connectivity index (χ4v) is 2.43. The van der Waals surface area contributed by atoms with Crippen LogP contribution >= 0.6 is 0 Å². The molecule has 0 bridgehead atoms. The summed E-state index contributed by atoms with van der Waals surface area (Å²) in [5, 5.41) is 10.9. The Morgan fingerprint density at radius 3 is 2.92 bits per heavy atom.